The van der Waals surface area contributed by atoms with Gasteiger partial charge in [0.05, 0.1) is 13.2 Å². The zero-order chi connectivity index (χ0) is 27.4. The number of halogens is 2. The number of nitrogens with zero attached hydrogens (tertiary/aromatic N) is 1. The Labute approximate surface area is 210 Å². The van der Waals surface area contributed by atoms with E-state index in [-0.39, 0.29) is 18.4 Å². The summed E-state index contributed by atoms with van der Waals surface area (Å²) in [6.45, 7) is 6.27. The molecule has 0 unspecified atom stereocenters. The number of methoxy groups -OCH3 is 1. The number of alkyl carbamates (subject to hydrolysis) is 1. The van der Waals surface area contributed by atoms with E-state index in [4.69, 9.17) is 0 Å². The Kier molecular flexibility index (Phi) is 9.41. The van der Waals surface area contributed by atoms with Crippen LogP contribution in [0.4, 0.5) is 13.6 Å². The first-order valence-electron chi connectivity index (χ1n) is 12.2. The first-order valence-corrected chi connectivity index (χ1v) is 12.2. The minimum atomic E-state index is -3.10. The molecule has 4 amide bonds. The van der Waals surface area contributed by atoms with Gasteiger partial charge in [0.25, 0.3) is 5.91 Å². The van der Waals surface area contributed by atoms with E-state index in [2.05, 4.69) is 20.7 Å². The van der Waals surface area contributed by atoms with Gasteiger partial charge in [-0.15, -0.1) is 0 Å². The first kappa shape index (κ1) is 29.4. The molecule has 0 aromatic carbocycles. The van der Waals surface area contributed by atoms with E-state index in [1.54, 1.807) is 20.8 Å². The van der Waals surface area contributed by atoms with Crippen LogP contribution in [0.1, 0.15) is 59.8 Å². The standard InChI is InChI=1S/C24H38F2N4O6/c1-23(2,3)18(29-22(35)36-6)21(34)30-12-13-7-8-14(11-13)16(30)19(32)28-15(9-10-24(4,25)26)17(31)20(33)27-5/h13-16,18H,7-12H2,1-6H3,(H,27,33)(H,28,32)(H,29,35)/t13-,14+,15-,16-,18+/m0/s1. The zero-order valence-corrected chi connectivity index (χ0v) is 21.8. The van der Waals surface area contributed by atoms with Crippen LogP contribution in [0.2, 0.25) is 0 Å². The van der Waals surface area contributed by atoms with Gasteiger partial charge in [0.2, 0.25) is 23.5 Å². The van der Waals surface area contributed by atoms with Crippen LogP contribution in [-0.4, -0.2) is 79.2 Å². The van der Waals surface area contributed by atoms with E-state index in [1.807, 2.05) is 0 Å². The maximum Gasteiger partial charge on any atom is 0.407 e. The molecule has 1 aliphatic heterocycles. The second-order valence-electron chi connectivity index (χ2n) is 10.9. The molecule has 0 radical (unpaired) electrons. The van der Waals surface area contributed by atoms with E-state index in [9.17, 15) is 32.8 Å². The van der Waals surface area contributed by atoms with Crippen LogP contribution in [0.15, 0.2) is 0 Å². The molecule has 2 aliphatic rings. The fourth-order valence-electron chi connectivity index (χ4n) is 4.99. The number of rotatable bonds is 9. The quantitative estimate of drug-likeness (QED) is 0.399. The Balaban J connectivity index is 2.34. The smallest absolute Gasteiger partial charge is 0.407 e. The number of amides is 4. The molecule has 10 nitrogen and oxygen atoms in total. The lowest BCUT2D eigenvalue weighted by Crippen LogP contribution is -2.63. The van der Waals surface area contributed by atoms with Gasteiger partial charge in [0, 0.05) is 20.0 Å². The number of nitrogens with one attached hydrogen (secondary N) is 3. The molecule has 0 aromatic heterocycles. The Hall–Kier alpha value is -2.79. The number of ether oxygens (including phenoxy) is 1. The molecule has 0 aromatic rings. The summed E-state index contributed by atoms with van der Waals surface area (Å²) in [6, 6.07) is -3.44. The van der Waals surface area contributed by atoms with Crippen molar-refractivity contribution in [2.45, 2.75) is 83.8 Å². The van der Waals surface area contributed by atoms with Crippen LogP contribution >= 0.6 is 0 Å². The van der Waals surface area contributed by atoms with Crippen LogP contribution in [0.5, 0.6) is 0 Å². The van der Waals surface area contributed by atoms with Crippen LogP contribution in [0.3, 0.4) is 0 Å². The van der Waals surface area contributed by atoms with Gasteiger partial charge in [-0.1, -0.05) is 20.8 Å². The van der Waals surface area contributed by atoms with E-state index in [1.165, 1.54) is 19.1 Å². The molecule has 1 aliphatic carbocycles. The van der Waals surface area contributed by atoms with E-state index >= 15 is 0 Å². The predicted octanol–water partition coefficient (Wildman–Crippen LogP) is 1.62. The maximum atomic E-state index is 13.7. The zero-order valence-electron chi connectivity index (χ0n) is 21.8. The molecule has 2 bridgehead atoms. The number of Topliss-reactive ketones (excluding diaryl/α,β-unsaturated/α-hetero) is 1. The van der Waals surface area contributed by atoms with E-state index in [0.717, 1.165) is 6.42 Å². The highest BCUT2D eigenvalue weighted by molar-refractivity contribution is 6.38. The average molecular weight is 517 g/mol. The topological polar surface area (TPSA) is 134 Å². The van der Waals surface area contributed by atoms with Crippen molar-refractivity contribution >= 4 is 29.6 Å². The highest BCUT2D eigenvalue weighted by Crippen LogP contribution is 2.41. The van der Waals surface area contributed by atoms with Gasteiger partial charge in [-0.2, -0.15) is 0 Å². The van der Waals surface area contributed by atoms with Gasteiger partial charge >= 0.3 is 6.09 Å². The Morgan fingerprint density at radius 2 is 1.69 bits per heavy atom. The first-order chi connectivity index (χ1) is 16.6. The summed E-state index contributed by atoms with van der Waals surface area (Å²) in [5.74, 6) is -6.31. The summed E-state index contributed by atoms with van der Waals surface area (Å²) in [7, 11) is 2.41. The molecule has 12 heteroatoms. The molecule has 204 valence electrons. The average Bonchev–Trinajstić information content (AvgIpc) is 3.17. The molecular weight excluding hydrogens is 478 g/mol. The number of hydrogen-bond acceptors (Lipinski definition) is 6. The maximum absolute atomic E-state index is 13.7. The van der Waals surface area contributed by atoms with Gasteiger partial charge in [-0.3, -0.25) is 19.2 Å². The molecule has 1 saturated carbocycles. The minimum absolute atomic E-state index is 0.184. The third kappa shape index (κ3) is 7.36. The number of likely N-dealkylation sites (tertiary alicyclic amines) is 1. The number of carbonyl (C=O) groups excluding carboxylic acids is 5. The monoisotopic (exact) mass is 516 g/mol. The number of hydrogen-bond donors (Lipinski definition) is 3. The summed E-state index contributed by atoms with van der Waals surface area (Å²) in [5.41, 5.74) is -0.715. The largest absolute Gasteiger partial charge is 0.453 e. The van der Waals surface area contributed by atoms with Crippen LogP contribution < -0.4 is 16.0 Å². The summed E-state index contributed by atoms with van der Waals surface area (Å²) in [4.78, 5) is 65.1. The molecule has 5 atom stereocenters. The van der Waals surface area contributed by atoms with Crippen molar-refractivity contribution in [1.29, 1.82) is 0 Å². The lowest BCUT2D eigenvalue weighted by atomic mass is 9.83. The summed E-state index contributed by atoms with van der Waals surface area (Å²) >= 11 is 0. The second-order valence-corrected chi connectivity index (χ2v) is 10.9. The normalized spacial score (nSPS) is 23.3. The van der Waals surface area contributed by atoms with Gasteiger partial charge < -0.3 is 25.6 Å². The van der Waals surface area contributed by atoms with Crippen molar-refractivity contribution in [3.05, 3.63) is 0 Å². The predicted molar refractivity (Wildman–Crippen MR) is 126 cm³/mol. The molecule has 2 fully saturated rings. The van der Waals surface area contributed by atoms with Crippen LogP contribution in [-0.2, 0) is 23.9 Å². The van der Waals surface area contributed by atoms with Gasteiger partial charge in [0.1, 0.15) is 12.1 Å². The molecular formula is C24H38F2N4O6. The summed E-state index contributed by atoms with van der Waals surface area (Å²) < 4.78 is 31.7. The summed E-state index contributed by atoms with van der Waals surface area (Å²) in [5, 5.41) is 7.20. The van der Waals surface area contributed by atoms with Crippen molar-refractivity contribution in [3.63, 3.8) is 0 Å². The SMILES string of the molecule is CNC(=O)C(=O)[C@H](CCC(C)(F)F)NC(=O)[C@@H]1[C@@H]2CC[C@@H](C2)CN1C(=O)[C@@H](NC(=O)OC)C(C)(C)C. The second kappa shape index (κ2) is 11.5. The van der Waals surface area contributed by atoms with Gasteiger partial charge in [-0.05, 0) is 49.9 Å². The van der Waals surface area contributed by atoms with E-state index < -0.39 is 71.9 Å². The van der Waals surface area contributed by atoms with Gasteiger partial charge in [-0.25, -0.2) is 13.6 Å². The lowest BCUT2D eigenvalue weighted by molar-refractivity contribution is -0.149. The van der Waals surface area contributed by atoms with Crippen molar-refractivity contribution < 1.29 is 37.5 Å². The third-order valence-electron chi connectivity index (χ3n) is 6.89. The number of piperidine rings is 1. The number of alkyl halides is 2. The van der Waals surface area contributed by atoms with Crippen molar-refractivity contribution in [3.8, 4) is 0 Å². The van der Waals surface area contributed by atoms with Crippen LogP contribution in [0.25, 0.3) is 0 Å². The molecule has 3 N–H and O–H groups in total. The Morgan fingerprint density at radius 3 is 2.22 bits per heavy atom. The Morgan fingerprint density at radius 1 is 1.06 bits per heavy atom. The highest BCUT2D eigenvalue weighted by Gasteiger charge is 2.49. The number of fused-ring (bicyclic) bond motifs is 2. The molecule has 0 spiro atoms. The summed E-state index contributed by atoms with van der Waals surface area (Å²) in [6.07, 6.45) is 0.247. The molecule has 1 heterocycles. The number of ketones is 1. The molecule has 2 rings (SSSR count). The van der Waals surface area contributed by atoms with E-state index in [0.29, 0.717) is 19.8 Å². The van der Waals surface area contributed by atoms with Crippen LogP contribution in [0, 0.1) is 17.3 Å². The molecule has 1 saturated heterocycles. The fourth-order valence-corrected chi connectivity index (χ4v) is 4.99. The number of carbonyl (C=O) groups is 5. The van der Waals surface area contributed by atoms with Crippen molar-refractivity contribution in [2.24, 2.45) is 17.3 Å². The molecule has 36 heavy (non-hydrogen) atoms. The third-order valence-corrected chi connectivity index (χ3v) is 6.89. The highest BCUT2D eigenvalue weighted by atomic mass is 19.3. The van der Waals surface area contributed by atoms with Gasteiger partial charge in [0.15, 0.2) is 0 Å². The lowest BCUT2D eigenvalue weighted by Gasteiger charge is -2.43. The van der Waals surface area contributed by atoms with Crippen molar-refractivity contribution in [2.75, 3.05) is 20.7 Å². The fraction of sp³-hybridized carbons (Fsp3) is 0.792. The Bertz CT molecular complexity index is 870. The number of likely N-dealkylation sites (N-methyl/N-ethyl adjacent to an activating group) is 1. The van der Waals surface area contributed by atoms with Crippen molar-refractivity contribution in [1.82, 2.24) is 20.9 Å². The minimum Gasteiger partial charge on any atom is -0.453 e.